The van der Waals surface area contributed by atoms with Crippen LogP contribution in [0.1, 0.15) is 53.5 Å². The lowest BCUT2D eigenvalue weighted by Crippen LogP contribution is -2.43. The highest BCUT2D eigenvalue weighted by Crippen LogP contribution is 2.60. The number of fused-ring (bicyclic) bond motifs is 4. The van der Waals surface area contributed by atoms with Crippen LogP contribution in [0, 0.1) is 29.6 Å². The number of rotatable bonds is 13. The number of benzene rings is 5. The quantitative estimate of drug-likeness (QED) is 0.0691. The number of allylic oxidation sites excluding steroid dienone is 2. The Kier molecular flexibility index (Phi) is 12.0. The van der Waals surface area contributed by atoms with Gasteiger partial charge in [0.15, 0.2) is 11.5 Å². The van der Waals surface area contributed by atoms with Crippen LogP contribution in [0.2, 0.25) is 0 Å². The molecule has 4 aliphatic rings. The summed E-state index contributed by atoms with van der Waals surface area (Å²) in [4.78, 5) is 61.1. The third-order valence-electron chi connectivity index (χ3n) is 13.4. The van der Waals surface area contributed by atoms with Crippen LogP contribution in [0.4, 0.5) is 11.4 Å². The van der Waals surface area contributed by atoms with Crippen LogP contribution in [0.25, 0.3) is 24.3 Å². The molecule has 1 N–H and O–H groups in total. The Hall–Kier alpha value is -7.60. The Bertz CT molecular complexity index is 2810. The van der Waals surface area contributed by atoms with Gasteiger partial charge in [-0.3, -0.25) is 29.0 Å². The van der Waals surface area contributed by atoms with E-state index < -0.39 is 41.4 Å². The average Bonchev–Trinajstić information content (AvgIpc) is 3.75. The van der Waals surface area contributed by atoms with Crippen molar-refractivity contribution in [3.8, 4) is 34.5 Å². The number of carbonyl (C=O) groups is 4. The van der Waals surface area contributed by atoms with Gasteiger partial charge in [-0.25, -0.2) is 0 Å². The number of hydrogen-bond donors (Lipinski definition) is 1. The number of aromatic hydroxyl groups is 1. The van der Waals surface area contributed by atoms with Gasteiger partial charge in [0.05, 0.1) is 70.1 Å². The van der Waals surface area contributed by atoms with Gasteiger partial charge in [-0.05, 0) is 104 Å². The van der Waals surface area contributed by atoms with E-state index in [0.29, 0.717) is 46.5 Å². The summed E-state index contributed by atoms with van der Waals surface area (Å²) in [6.45, 7) is 2.11. The lowest BCUT2D eigenvalue weighted by atomic mass is 9.57. The molecule has 12 nitrogen and oxygen atoms in total. The van der Waals surface area contributed by atoms with Crippen molar-refractivity contribution in [3.63, 3.8) is 0 Å². The van der Waals surface area contributed by atoms with Crippen LogP contribution in [0.15, 0.2) is 115 Å². The average molecular weight is 887 g/mol. The zero-order chi connectivity index (χ0) is 46.2. The molecule has 12 heteroatoms. The first-order valence-corrected chi connectivity index (χ1v) is 22.0. The maximum absolute atomic E-state index is 14.8. The van der Waals surface area contributed by atoms with E-state index in [1.165, 1.54) is 9.80 Å². The number of amides is 4. The van der Waals surface area contributed by atoms with Gasteiger partial charge in [0.1, 0.15) is 23.0 Å². The van der Waals surface area contributed by atoms with Gasteiger partial charge >= 0.3 is 0 Å². The number of anilines is 2. The summed E-state index contributed by atoms with van der Waals surface area (Å²) in [5, 5.41) is 11.8. The standard InChI is InChI=1S/C54H50N2O10/c1-6-66-46-9-7-8-40(50(46)57)47-39-24-25-41-48(53(60)55(51(41)58)35-18-12-31(13-19-35)10-16-33-28-37(62-2)22-26-44(33)64-4)42(39)30-43-49(47)54(61)56(52(43)59)36-20-14-32(15-21-36)11-17-34-29-38(63-3)23-27-45(34)65-5/h7-24,26-29,41-43,47-49,57H,6,25,30H2,1-5H3. The van der Waals surface area contributed by atoms with Gasteiger partial charge in [0.25, 0.3) is 0 Å². The Labute approximate surface area is 383 Å². The monoisotopic (exact) mass is 886 g/mol. The summed E-state index contributed by atoms with van der Waals surface area (Å²) in [5.74, 6) is -3.01. The topological polar surface area (TPSA) is 141 Å². The Balaban J connectivity index is 1.02. The minimum atomic E-state index is -0.875. The molecule has 5 aromatic carbocycles. The summed E-state index contributed by atoms with van der Waals surface area (Å²) < 4.78 is 27.6. The van der Waals surface area contributed by atoms with Gasteiger partial charge in [-0.15, -0.1) is 0 Å². The van der Waals surface area contributed by atoms with E-state index in [4.69, 9.17) is 23.7 Å². The Morgan fingerprint density at radius 3 is 1.62 bits per heavy atom. The molecule has 66 heavy (non-hydrogen) atoms. The second-order valence-corrected chi connectivity index (χ2v) is 16.7. The smallest absolute Gasteiger partial charge is 0.238 e. The molecule has 6 atom stereocenters. The number of para-hydroxylation sites is 1. The van der Waals surface area contributed by atoms with Crippen molar-refractivity contribution >= 4 is 59.3 Å². The van der Waals surface area contributed by atoms with E-state index in [0.717, 1.165) is 27.8 Å². The molecule has 5 aromatic rings. The highest BCUT2D eigenvalue weighted by atomic mass is 16.5. The molecule has 0 spiro atoms. The molecule has 336 valence electrons. The van der Waals surface area contributed by atoms with Crippen molar-refractivity contribution in [2.45, 2.75) is 25.7 Å². The van der Waals surface area contributed by atoms with Crippen LogP contribution in [-0.2, 0) is 19.2 Å². The van der Waals surface area contributed by atoms with E-state index >= 15 is 0 Å². The molecule has 2 saturated heterocycles. The molecule has 2 aliphatic carbocycles. The van der Waals surface area contributed by atoms with Crippen LogP contribution in [0.5, 0.6) is 34.5 Å². The van der Waals surface area contributed by atoms with Crippen LogP contribution in [0.3, 0.4) is 0 Å². The van der Waals surface area contributed by atoms with Gasteiger partial charge in [-0.1, -0.05) is 72.4 Å². The molecule has 0 radical (unpaired) electrons. The van der Waals surface area contributed by atoms with E-state index in [-0.39, 0.29) is 42.1 Å². The van der Waals surface area contributed by atoms with Gasteiger partial charge in [0, 0.05) is 22.6 Å². The third-order valence-corrected chi connectivity index (χ3v) is 13.4. The number of hydrogen-bond acceptors (Lipinski definition) is 10. The number of phenols is 1. The van der Waals surface area contributed by atoms with Gasteiger partial charge in [0.2, 0.25) is 23.6 Å². The molecular formula is C54H50N2O10. The molecular weight excluding hydrogens is 837 g/mol. The predicted molar refractivity (Wildman–Crippen MR) is 252 cm³/mol. The maximum atomic E-state index is 14.8. The fourth-order valence-corrected chi connectivity index (χ4v) is 10.3. The van der Waals surface area contributed by atoms with Crippen molar-refractivity contribution in [2.24, 2.45) is 29.6 Å². The molecule has 6 unspecified atom stereocenters. The molecule has 3 fully saturated rings. The molecule has 9 rings (SSSR count). The lowest BCUT2D eigenvalue weighted by Gasteiger charge is -2.44. The number of methoxy groups -OCH3 is 4. The van der Waals surface area contributed by atoms with Crippen LogP contribution < -0.4 is 33.5 Å². The summed E-state index contributed by atoms with van der Waals surface area (Å²) in [5.41, 5.74) is 5.37. The second-order valence-electron chi connectivity index (χ2n) is 16.7. The summed E-state index contributed by atoms with van der Waals surface area (Å²) in [7, 11) is 6.41. The lowest BCUT2D eigenvalue weighted by molar-refractivity contribution is -0.126. The largest absolute Gasteiger partial charge is 0.504 e. The fraction of sp³-hybridized carbons (Fsp3) is 0.259. The van der Waals surface area contributed by atoms with E-state index in [9.17, 15) is 24.3 Å². The zero-order valence-corrected chi connectivity index (χ0v) is 37.3. The minimum Gasteiger partial charge on any atom is -0.504 e. The number of imide groups is 2. The first-order chi connectivity index (χ1) is 32.1. The molecule has 1 saturated carbocycles. The number of ether oxygens (including phenoxy) is 5. The van der Waals surface area contributed by atoms with Crippen LogP contribution >= 0.6 is 0 Å². The summed E-state index contributed by atoms with van der Waals surface area (Å²) in [6, 6.07) is 30.6. The van der Waals surface area contributed by atoms with Crippen molar-refractivity contribution in [3.05, 3.63) is 143 Å². The van der Waals surface area contributed by atoms with Crippen molar-refractivity contribution in [1.29, 1.82) is 0 Å². The first kappa shape index (κ1) is 43.6. The Morgan fingerprint density at radius 2 is 1.11 bits per heavy atom. The van der Waals surface area contributed by atoms with E-state index in [1.807, 2.05) is 98.0 Å². The number of phenolic OH excluding ortho intramolecular Hbond substituents is 1. The minimum absolute atomic E-state index is 0.122. The second kappa shape index (κ2) is 18.1. The molecule has 0 aromatic heterocycles. The van der Waals surface area contributed by atoms with Crippen molar-refractivity contribution in [1.82, 2.24) is 0 Å². The Morgan fingerprint density at radius 1 is 0.576 bits per heavy atom. The van der Waals surface area contributed by atoms with Gasteiger partial charge < -0.3 is 28.8 Å². The summed E-state index contributed by atoms with van der Waals surface area (Å²) in [6.07, 6.45) is 10.0. The van der Waals surface area contributed by atoms with Crippen molar-refractivity contribution < 1.29 is 48.0 Å². The molecule has 2 aliphatic heterocycles. The van der Waals surface area contributed by atoms with Crippen LogP contribution in [-0.4, -0.2) is 63.8 Å². The highest BCUT2D eigenvalue weighted by molar-refractivity contribution is 6.24. The zero-order valence-electron chi connectivity index (χ0n) is 37.3. The SMILES string of the molecule is CCOc1cccc(C2C3=CCC4C(=O)N(c5ccc(C=Cc6cc(OC)ccc6OC)cc5)C(=O)C4C3CC3C(=O)N(c4ccc(C=Cc5cc(OC)ccc5OC)cc4)C(=O)C32)c1O. The van der Waals surface area contributed by atoms with E-state index in [1.54, 1.807) is 70.9 Å². The van der Waals surface area contributed by atoms with E-state index in [2.05, 4.69) is 0 Å². The number of nitrogens with zero attached hydrogens (tertiary/aromatic N) is 2. The molecule has 0 bridgehead atoms. The van der Waals surface area contributed by atoms with Gasteiger partial charge in [-0.2, -0.15) is 0 Å². The maximum Gasteiger partial charge on any atom is 0.238 e. The first-order valence-electron chi connectivity index (χ1n) is 22.0. The fourth-order valence-electron chi connectivity index (χ4n) is 10.3. The number of carbonyl (C=O) groups excluding carboxylic acids is 4. The molecule has 4 amide bonds. The normalized spacial score (nSPS) is 22.3. The highest BCUT2D eigenvalue weighted by Gasteiger charge is 2.62. The third kappa shape index (κ3) is 7.65. The van der Waals surface area contributed by atoms with Crippen molar-refractivity contribution in [2.75, 3.05) is 44.8 Å². The molecule has 2 heterocycles. The summed E-state index contributed by atoms with van der Waals surface area (Å²) >= 11 is 0. The predicted octanol–water partition coefficient (Wildman–Crippen LogP) is 9.21.